The van der Waals surface area contributed by atoms with E-state index in [0.717, 1.165) is 64.9 Å². The number of carbonyl (C=O) groups is 1. The van der Waals surface area contributed by atoms with Crippen molar-refractivity contribution in [3.05, 3.63) is 107 Å². The largest absolute Gasteiger partial charge is 0.489 e. The zero-order valence-electron chi connectivity index (χ0n) is 21.9. The molecule has 3 aromatic carbocycles. The predicted octanol–water partition coefficient (Wildman–Crippen LogP) is 6.88. The summed E-state index contributed by atoms with van der Waals surface area (Å²) in [6.45, 7) is 4.51. The first-order valence-corrected chi connectivity index (χ1v) is 14.2. The van der Waals surface area contributed by atoms with E-state index in [1.165, 1.54) is 23.7 Å². The summed E-state index contributed by atoms with van der Waals surface area (Å²) in [5.41, 5.74) is 5.94. The summed E-state index contributed by atoms with van der Waals surface area (Å²) in [7, 11) is 0. The molecule has 0 saturated carbocycles. The molecule has 0 unspecified atom stereocenters. The van der Waals surface area contributed by atoms with Gasteiger partial charge in [0.25, 0.3) is 5.91 Å². The maximum atomic E-state index is 12.9. The minimum Gasteiger partial charge on any atom is -0.489 e. The van der Waals surface area contributed by atoms with E-state index in [1.807, 2.05) is 71.6 Å². The molecule has 3 heterocycles. The van der Waals surface area contributed by atoms with Crippen molar-refractivity contribution >= 4 is 28.9 Å². The Kier molecular flexibility index (Phi) is 7.32. The van der Waals surface area contributed by atoms with Gasteiger partial charge in [-0.3, -0.25) is 4.79 Å². The highest BCUT2D eigenvalue weighted by Crippen LogP contribution is 2.34. The maximum absolute atomic E-state index is 12.9. The van der Waals surface area contributed by atoms with E-state index >= 15 is 0 Å². The number of aliphatic imine (C=N–C) groups is 1. The van der Waals surface area contributed by atoms with Crippen LogP contribution in [-0.4, -0.2) is 38.8 Å². The Hall–Kier alpha value is -4.10. The molecule has 2 aliphatic rings. The third-order valence-corrected chi connectivity index (χ3v) is 7.98. The molecule has 4 aromatic rings. The van der Waals surface area contributed by atoms with Crippen LogP contribution in [0.4, 0.5) is 0 Å². The van der Waals surface area contributed by atoms with Crippen LogP contribution in [0.1, 0.15) is 36.0 Å². The van der Waals surface area contributed by atoms with Crippen LogP contribution < -0.4 is 4.74 Å². The molecule has 6 rings (SSSR count). The van der Waals surface area contributed by atoms with E-state index in [0.29, 0.717) is 11.5 Å². The first kappa shape index (κ1) is 25.2. The monoisotopic (exact) mass is 534 g/mol. The van der Waals surface area contributed by atoms with Crippen molar-refractivity contribution in [3.63, 3.8) is 0 Å². The number of likely N-dealkylation sites (tertiary alicyclic amines) is 1. The fourth-order valence-corrected chi connectivity index (χ4v) is 5.71. The standard InChI is InChI=1S/C32H30N4O2S/c1-23-10-12-24(13-11-23)22-38-28-16-14-25(15-17-28)30-26(21-36(34-30)27-8-4-2-5-9-27)20-29-31(37)33-32(39-29)35-18-6-3-7-19-35/h2,4-5,8-17,20-21H,3,6-7,18-19,22H2,1H3. The molecule has 0 bridgehead atoms. The Bertz CT molecular complexity index is 1520. The van der Waals surface area contributed by atoms with Crippen molar-refractivity contribution in [3.8, 4) is 22.7 Å². The number of para-hydroxylation sites is 1. The van der Waals surface area contributed by atoms with Gasteiger partial charge < -0.3 is 9.64 Å². The van der Waals surface area contributed by atoms with E-state index in [-0.39, 0.29) is 5.91 Å². The van der Waals surface area contributed by atoms with Gasteiger partial charge in [0.2, 0.25) is 0 Å². The van der Waals surface area contributed by atoms with Crippen LogP contribution in [-0.2, 0) is 11.4 Å². The smallest absolute Gasteiger partial charge is 0.286 e. The molecule has 0 atom stereocenters. The second-order valence-electron chi connectivity index (χ2n) is 9.87. The minimum absolute atomic E-state index is 0.182. The average Bonchev–Trinajstić information content (AvgIpc) is 3.57. The predicted molar refractivity (Wildman–Crippen MR) is 158 cm³/mol. The molecule has 7 heteroatoms. The number of benzene rings is 3. The molecule has 0 N–H and O–H groups in total. The molecular weight excluding hydrogens is 504 g/mol. The van der Waals surface area contributed by atoms with Gasteiger partial charge in [-0.2, -0.15) is 10.1 Å². The summed E-state index contributed by atoms with van der Waals surface area (Å²) in [4.78, 5) is 20.1. The Balaban J connectivity index is 1.26. The van der Waals surface area contributed by atoms with Gasteiger partial charge in [0, 0.05) is 30.4 Å². The first-order valence-electron chi connectivity index (χ1n) is 13.3. The quantitative estimate of drug-likeness (QED) is 0.252. The number of aromatic nitrogens is 2. The van der Waals surface area contributed by atoms with E-state index in [4.69, 9.17) is 9.84 Å². The molecule has 1 amide bonds. The normalized spacial score (nSPS) is 16.5. The summed E-state index contributed by atoms with van der Waals surface area (Å²) in [6.07, 6.45) is 7.43. The summed E-state index contributed by atoms with van der Waals surface area (Å²) in [6, 6.07) is 26.3. The van der Waals surface area contributed by atoms with Crippen LogP contribution in [0.15, 0.2) is 95.0 Å². The van der Waals surface area contributed by atoms with Crippen molar-refractivity contribution in [1.82, 2.24) is 14.7 Å². The fourth-order valence-electron chi connectivity index (χ4n) is 4.75. The van der Waals surface area contributed by atoms with E-state index in [9.17, 15) is 4.79 Å². The Labute approximate surface area is 233 Å². The number of thioether (sulfide) groups is 1. The zero-order chi connectivity index (χ0) is 26.6. The number of hydrogen-bond donors (Lipinski definition) is 0. The Morgan fingerprint density at radius 1 is 0.923 bits per heavy atom. The van der Waals surface area contributed by atoms with Crippen molar-refractivity contribution in [2.45, 2.75) is 32.8 Å². The highest BCUT2D eigenvalue weighted by molar-refractivity contribution is 8.18. The lowest BCUT2D eigenvalue weighted by Gasteiger charge is -2.27. The van der Waals surface area contributed by atoms with Crippen LogP contribution in [0, 0.1) is 6.92 Å². The van der Waals surface area contributed by atoms with Gasteiger partial charge in [0.05, 0.1) is 16.3 Å². The van der Waals surface area contributed by atoms with Crippen LogP contribution in [0.2, 0.25) is 0 Å². The Morgan fingerprint density at radius 3 is 2.41 bits per heavy atom. The van der Waals surface area contributed by atoms with Gasteiger partial charge in [-0.25, -0.2) is 4.68 Å². The molecule has 2 aliphatic heterocycles. The molecular formula is C32H30N4O2S. The summed E-state index contributed by atoms with van der Waals surface area (Å²) >= 11 is 1.47. The van der Waals surface area contributed by atoms with Crippen molar-refractivity contribution in [2.24, 2.45) is 4.99 Å². The Morgan fingerprint density at radius 2 is 1.67 bits per heavy atom. The van der Waals surface area contributed by atoms with Gasteiger partial charge in [-0.1, -0.05) is 48.0 Å². The highest BCUT2D eigenvalue weighted by Gasteiger charge is 2.27. The van der Waals surface area contributed by atoms with Crippen molar-refractivity contribution in [1.29, 1.82) is 0 Å². The summed E-state index contributed by atoms with van der Waals surface area (Å²) in [5.74, 6) is 0.613. The van der Waals surface area contributed by atoms with E-state index in [1.54, 1.807) is 0 Å². The number of nitrogens with zero attached hydrogens (tertiary/aromatic N) is 4. The number of rotatable bonds is 6. The average molecular weight is 535 g/mol. The lowest BCUT2D eigenvalue weighted by atomic mass is 10.1. The van der Waals surface area contributed by atoms with Gasteiger partial charge in [0.1, 0.15) is 12.4 Å². The highest BCUT2D eigenvalue weighted by atomic mass is 32.2. The zero-order valence-corrected chi connectivity index (χ0v) is 22.7. The van der Waals surface area contributed by atoms with Crippen LogP contribution in [0.3, 0.4) is 0 Å². The second-order valence-corrected chi connectivity index (χ2v) is 10.9. The van der Waals surface area contributed by atoms with Crippen LogP contribution in [0.25, 0.3) is 23.0 Å². The van der Waals surface area contributed by atoms with Crippen LogP contribution in [0.5, 0.6) is 5.75 Å². The second kappa shape index (κ2) is 11.3. The lowest BCUT2D eigenvalue weighted by Crippen LogP contribution is -2.33. The summed E-state index contributed by atoms with van der Waals surface area (Å²) < 4.78 is 7.87. The van der Waals surface area contributed by atoms with E-state index in [2.05, 4.69) is 41.1 Å². The van der Waals surface area contributed by atoms with Gasteiger partial charge >= 0.3 is 0 Å². The number of piperidine rings is 1. The van der Waals surface area contributed by atoms with Crippen molar-refractivity contribution < 1.29 is 9.53 Å². The van der Waals surface area contributed by atoms with Gasteiger partial charge in [0.15, 0.2) is 5.17 Å². The molecule has 1 aromatic heterocycles. The first-order chi connectivity index (χ1) is 19.1. The number of amides is 1. The lowest BCUT2D eigenvalue weighted by molar-refractivity contribution is -0.113. The minimum atomic E-state index is -0.182. The SMILES string of the molecule is Cc1ccc(COc2ccc(-c3nn(-c4ccccc4)cc3C=C3SC(N4CCCCC4)=NC3=O)cc2)cc1. The molecule has 1 saturated heterocycles. The molecule has 196 valence electrons. The molecule has 1 fully saturated rings. The molecule has 0 radical (unpaired) electrons. The number of aryl methyl sites for hydroxylation is 1. The third kappa shape index (κ3) is 5.83. The van der Waals surface area contributed by atoms with Gasteiger partial charge in [-0.15, -0.1) is 0 Å². The van der Waals surface area contributed by atoms with Crippen LogP contribution >= 0.6 is 11.8 Å². The maximum Gasteiger partial charge on any atom is 0.286 e. The molecule has 39 heavy (non-hydrogen) atoms. The van der Waals surface area contributed by atoms with Gasteiger partial charge in [-0.05, 0) is 86.0 Å². The topological polar surface area (TPSA) is 59.7 Å². The number of hydrogen-bond acceptors (Lipinski definition) is 5. The molecule has 0 aliphatic carbocycles. The molecule has 6 nitrogen and oxygen atoms in total. The number of ether oxygens (including phenoxy) is 1. The fraction of sp³-hybridized carbons (Fsp3) is 0.219. The number of carbonyl (C=O) groups excluding carboxylic acids is 1. The third-order valence-electron chi connectivity index (χ3n) is 6.94. The molecule has 0 spiro atoms. The summed E-state index contributed by atoms with van der Waals surface area (Å²) in [5, 5.41) is 5.74. The number of amidine groups is 1. The van der Waals surface area contributed by atoms with E-state index < -0.39 is 0 Å². The van der Waals surface area contributed by atoms with Crippen molar-refractivity contribution in [2.75, 3.05) is 13.1 Å².